The fourth-order valence-corrected chi connectivity index (χ4v) is 1.45. The van der Waals surface area contributed by atoms with Crippen LogP contribution in [0.2, 0.25) is 0 Å². The van der Waals surface area contributed by atoms with Crippen molar-refractivity contribution in [3.8, 4) is 5.75 Å². The van der Waals surface area contributed by atoms with E-state index in [9.17, 15) is 20.1 Å². The van der Waals surface area contributed by atoms with E-state index in [4.69, 9.17) is 5.53 Å². The predicted molar refractivity (Wildman–Crippen MR) is 64.4 cm³/mol. The van der Waals surface area contributed by atoms with Crippen molar-refractivity contribution in [2.75, 3.05) is 13.7 Å². The minimum absolute atomic E-state index is 0.130. The second-order valence-electron chi connectivity index (χ2n) is 3.69. The number of carbonyl (C=O) groups is 1. The molecule has 0 radical (unpaired) electrons. The van der Waals surface area contributed by atoms with Gasteiger partial charge in [-0.25, -0.2) is 4.79 Å². The number of carbonyl (C=O) groups excluding carboxylic acids is 1. The zero-order chi connectivity index (χ0) is 14.4. The van der Waals surface area contributed by atoms with Gasteiger partial charge in [0.25, 0.3) is 0 Å². The smallest absolute Gasteiger partial charge is 0.341 e. The zero-order valence-corrected chi connectivity index (χ0v) is 10.1. The fourth-order valence-electron chi connectivity index (χ4n) is 1.45. The number of phenolic OH excluding ortho intramolecular Hbond substituents is 1. The number of hydrogen-bond acceptors (Lipinski definition) is 6. The number of aliphatic hydroxyl groups is 2. The van der Waals surface area contributed by atoms with Crippen LogP contribution in [0, 0.1) is 0 Å². The van der Waals surface area contributed by atoms with Gasteiger partial charge in [0, 0.05) is 4.91 Å². The van der Waals surface area contributed by atoms with Crippen LogP contribution in [0.25, 0.3) is 10.4 Å². The normalized spacial score (nSPS) is 13.2. The summed E-state index contributed by atoms with van der Waals surface area (Å²) in [5.41, 5.74) is 8.19. The van der Waals surface area contributed by atoms with E-state index in [1.807, 2.05) is 0 Å². The Labute approximate surface area is 108 Å². The monoisotopic (exact) mass is 267 g/mol. The number of aromatic hydroxyl groups is 1. The van der Waals surface area contributed by atoms with Gasteiger partial charge in [-0.3, -0.25) is 0 Å². The summed E-state index contributed by atoms with van der Waals surface area (Å²) in [6, 6.07) is 3.74. The Kier molecular flexibility index (Phi) is 5.13. The summed E-state index contributed by atoms with van der Waals surface area (Å²) < 4.78 is 4.47. The molecule has 0 aliphatic heterocycles. The Balaban J connectivity index is 3.01. The van der Waals surface area contributed by atoms with E-state index in [0.29, 0.717) is 0 Å². The number of esters is 1. The Bertz CT molecular complexity index is 513. The maximum Gasteiger partial charge on any atom is 0.341 e. The first-order valence-electron chi connectivity index (χ1n) is 5.29. The highest BCUT2D eigenvalue weighted by molar-refractivity contribution is 5.92. The third-order valence-electron chi connectivity index (χ3n) is 2.46. The standard InChI is InChI=1S/C11H13N3O5/c1-19-11(18)7-4-6(2-3-8(7)15)10(17)9(16)5-13-14-12/h2-4,9-10,15-17H,5H2,1H3. The minimum atomic E-state index is -1.35. The number of hydrogen-bond donors (Lipinski definition) is 3. The van der Waals surface area contributed by atoms with Crippen LogP contribution in [0.5, 0.6) is 5.75 Å². The summed E-state index contributed by atoms with van der Waals surface area (Å²) in [7, 11) is 1.15. The van der Waals surface area contributed by atoms with Crippen molar-refractivity contribution in [3.05, 3.63) is 39.8 Å². The van der Waals surface area contributed by atoms with Gasteiger partial charge in [0.15, 0.2) is 0 Å². The van der Waals surface area contributed by atoms with Gasteiger partial charge in [-0.05, 0) is 23.2 Å². The molecular formula is C11H13N3O5. The molecule has 102 valence electrons. The third-order valence-corrected chi connectivity index (χ3v) is 2.46. The molecule has 0 spiro atoms. The lowest BCUT2D eigenvalue weighted by Gasteiger charge is -2.17. The van der Waals surface area contributed by atoms with Crippen LogP contribution in [0.15, 0.2) is 23.3 Å². The summed E-state index contributed by atoms with van der Waals surface area (Å²) in [4.78, 5) is 13.8. The van der Waals surface area contributed by atoms with E-state index >= 15 is 0 Å². The Morgan fingerprint density at radius 1 is 1.53 bits per heavy atom. The van der Waals surface area contributed by atoms with Crippen LogP contribution >= 0.6 is 0 Å². The van der Waals surface area contributed by atoms with E-state index in [1.165, 1.54) is 18.2 Å². The van der Waals surface area contributed by atoms with Crippen molar-refractivity contribution in [2.24, 2.45) is 5.11 Å². The Morgan fingerprint density at radius 3 is 2.79 bits per heavy atom. The van der Waals surface area contributed by atoms with Gasteiger partial charge in [-0.1, -0.05) is 11.2 Å². The van der Waals surface area contributed by atoms with Crippen molar-refractivity contribution >= 4 is 5.97 Å². The lowest BCUT2D eigenvalue weighted by atomic mass is 10.0. The summed E-state index contributed by atoms with van der Waals surface area (Å²) in [5, 5.41) is 32.0. The molecule has 1 aromatic rings. The number of nitrogens with zero attached hydrogens (tertiary/aromatic N) is 3. The first-order valence-corrected chi connectivity index (χ1v) is 5.29. The van der Waals surface area contributed by atoms with Crippen molar-refractivity contribution in [1.82, 2.24) is 0 Å². The second-order valence-corrected chi connectivity index (χ2v) is 3.69. The van der Waals surface area contributed by atoms with Crippen LogP contribution in [0.1, 0.15) is 22.0 Å². The van der Waals surface area contributed by atoms with Crippen molar-refractivity contribution in [2.45, 2.75) is 12.2 Å². The summed E-state index contributed by atoms with van der Waals surface area (Å²) >= 11 is 0. The average Bonchev–Trinajstić information content (AvgIpc) is 2.43. The average molecular weight is 267 g/mol. The van der Waals surface area contributed by atoms with E-state index in [0.717, 1.165) is 7.11 Å². The number of methoxy groups -OCH3 is 1. The summed E-state index contributed by atoms with van der Waals surface area (Å²) in [6.07, 6.45) is -2.67. The molecule has 0 saturated heterocycles. The van der Waals surface area contributed by atoms with Crippen molar-refractivity contribution in [1.29, 1.82) is 0 Å². The zero-order valence-electron chi connectivity index (χ0n) is 10.1. The molecule has 2 atom stereocenters. The molecule has 2 unspecified atom stereocenters. The van der Waals surface area contributed by atoms with Gasteiger partial charge in [0.2, 0.25) is 0 Å². The molecular weight excluding hydrogens is 254 g/mol. The Morgan fingerprint density at radius 2 is 2.21 bits per heavy atom. The highest BCUT2D eigenvalue weighted by Gasteiger charge is 2.20. The molecule has 19 heavy (non-hydrogen) atoms. The van der Waals surface area contributed by atoms with Gasteiger partial charge < -0.3 is 20.1 Å². The molecule has 8 heteroatoms. The number of benzene rings is 1. The lowest BCUT2D eigenvalue weighted by Crippen LogP contribution is -2.21. The molecule has 1 rings (SSSR count). The quantitative estimate of drug-likeness (QED) is 0.315. The summed E-state index contributed by atoms with van der Waals surface area (Å²) in [6.45, 7) is -0.313. The number of aliphatic hydroxyl groups excluding tert-OH is 2. The maximum atomic E-state index is 11.4. The molecule has 0 bridgehead atoms. The van der Waals surface area contributed by atoms with Crippen molar-refractivity contribution in [3.63, 3.8) is 0 Å². The van der Waals surface area contributed by atoms with Gasteiger partial charge in [0.05, 0.1) is 19.8 Å². The predicted octanol–water partition coefficient (Wildman–Crippen LogP) is 0.883. The molecule has 0 saturated carbocycles. The molecule has 0 aliphatic rings. The highest BCUT2D eigenvalue weighted by Crippen LogP contribution is 2.25. The Hall–Kier alpha value is -2.28. The highest BCUT2D eigenvalue weighted by atomic mass is 16.5. The minimum Gasteiger partial charge on any atom is -0.507 e. The SMILES string of the molecule is COC(=O)c1cc(C(O)C(O)CN=[N+]=[N-])ccc1O. The van der Waals surface area contributed by atoms with E-state index in [1.54, 1.807) is 0 Å². The van der Waals surface area contributed by atoms with Gasteiger partial charge in [0.1, 0.15) is 17.4 Å². The molecule has 0 fully saturated rings. The molecule has 0 aromatic heterocycles. The second kappa shape index (κ2) is 6.60. The number of azide groups is 1. The molecule has 0 amide bonds. The number of phenols is 1. The molecule has 8 nitrogen and oxygen atoms in total. The third kappa shape index (κ3) is 3.59. The molecule has 0 aliphatic carbocycles. The maximum absolute atomic E-state index is 11.4. The van der Waals surface area contributed by atoms with Crippen molar-refractivity contribution < 1.29 is 24.9 Å². The van der Waals surface area contributed by atoms with E-state index < -0.39 is 18.2 Å². The lowest BCUT2D eigenvalue weighted by molar-refractivity contribution is 0.0242. The van der Waals surface area contributed by atoms with Gasteiger partial charge in [-0.2, -0.15) is 0 Å². The largest absolute Gasteiger partial charge is 0.507 e. The topological polar surface area (TPSA) is 136 Å². The van der Waals surface area contributed by atoms with Crippen LogP contribution in [-0.2, 0) is 4.74 Å². The van der Waals surface area contributed by atoms with Crippen LogP contribution in [0.3, 0.4) is 0 Å². The van der Waals surface area contributed by atoms with E-state index in [-0.39, 0.29) is 23.4 Å². The number of rotatable bonds is 5. The first kappa shape index (κ1) is 14.8. The molecule has 1 aromatic carbocycles. The first-order chi connectivity index (χ1) is 9.01. The number of ether oxygens (including phenoxy) is 1. The molecule has 3 N–H and O–H groups in total. The van der Waals surface area contributed by atoms with Crippen LogP contribution in [0.4, 0.5) is 0 Å². The fraction of sp³-hybridized carbons (Fsp3) is 0.364. The molecule has 0 heterocycles. The van der Waals surface area contributed by atoms with Crippen LogP contribution < -0.4 is 0 Å². The van der Waals surface area contributed by atoms with Gasteiger partial charge >= 0.3 is 5.97 Å². The van der Waals surface area contributed by atoms with Crippen LogP contribution in [-0.4, -0.2) is 41.0 Å². The van der Waals surface area contributed by atoms with E-state index in [2.05, 4.69) is 14.8 Å². The van der Waals surface area contributed by atoms with Gasteiger partial charge in [-0.15, -0.1) is 0 Å². The summed E-state index contributed by atoms with van der Waals surface area (Å²) in [5.74, 6) is -1.07.